The Morgan fingerprint density at radius 1 is 1.29 bits per heavy atom. The van der Waals surface area contributed by atoms with Gasteiger partial charge in [0.05, 0.1) is 0 Å². The van der Waals surface area contributed by atoms with Gasteiger partial charge in [0.25, 0.3) is 0 Å². The van der Waals surface area contributed by atoms with Gasteiger partial charge in [0.15, 0.2) is 0 Å². The van der Waals surface area contributed by atoms with Gasteiger partial charge in [0.2, 0.25) is 0 Å². The Bertz CT molecular complexity index is 296. The van der Waals surface area contributed by atoms with Crippen LogP contribution < -0.4 is 0 Å². The van der Waals surface area contributed by atoms with Crippen molar-refractivity contribution in [3.8, 4) is 0 Å². The van der Waals surface area contributed by atoms with E-state index in [4.69, 9.17) is 0 Å². The van der Waals surface area contributed by atoms with Gasteiger partial charge in [-0.1, -0.05) is 67.9 Å². The predicted molar refractivity (Wildman–Crippen MR) is 67.4 cm³/mol. The number of benzene rings is 1. The first kappa shape index (κ1) is 11.8. The molecule has 1 heteroatoms. The van der Waals surface area contributed by atoms with Crippen LogP contribution in [0.4, 0.5) is 0 Å². The molecular weight excluding hydrogens is 236 g/mol. The zero-order valence-corrected chi connectivity index (χ0v) is 11.1. The molecule has 0 amide bonds. The number of rotatable bonds is 2. The molecular formula is C13H19Br. The normalized spacial score (nSPS) is 14.1. The lowest BCUT2D eigenvalue weighted by molar-refractivity contribution is 0.588. The molecule has 1 unspecified atom stereocenters. The number of halogens is 1. The maximum absolute atomic E-state index is 3.53. The Balaban J connectivity index is 3.01. The predicted octanol–water partition coefficient (Wildman–Crippen LogP) is 4.48. The quantitative estimate of drug-likeness (QED) is 0.683. The van der Waals surface area contributed by atoms with Crippen molar-refractivity contribution in [2.75, 3.05) is 5.33 Å². The van der Waals surface area contributed by atoms with Gasteiger partial charge in [-0.05, 0) is 22.5 Å². The SMILES string of the molecule is CC(CBr)c1cccc(C(C)(C)C)c1. The van der Waals surface area contributed by atoms with Crippen molar-refractivity contribution in [3.05, 3.63) is 35.4 Å². The van der Waals surface area contributed by atoms with Crippen molar-refractivity contribution in [1.29, 1.82) is 0 Å². The third-order valence-electron chi connectivity index (χ3n) is 2.55. The van der Waals surface area contributed by atoms with Crippen LogP contribution in [0.1, 0.15) is 44.7 Å². The first-order chi connectivity index (χ1) is 6.45. The van der Waals surface area contributed by atoms with Crippen molar-refractivity contribution in [2.45, 2.75) is 39.0 Å². The van der Waals surface area contributed by atoms with Crippen LogP contribution in [0.2, 0.25) is 0 Å². The van der Waals surface area contributed by atoms with Crippen molar-refractivity contribution >= 4 is 15.9 Å². The Hall–Kier alpha value is -0.300. The summed E-state index contributed by atoms with van der Waals surface area (Å²) in [6.45, 7) is 9.01. The van der Waals surface area contributed by atoms with Crippen molar-refractivity contribution < 1.29 is 0 Å². The van der Waals surface area contributed by atoms with E-state index in [9.17, 15) is 0 Å². The summed E-state index contributed by atoms with van der Waals surface area (Å²) >= 11 is 3.53. The van der Waals surface area contributed by atoms with Gasteiger partial charge in [0.1, 0.15) is 0 Å². The summed E-state index contributed by atoms with van der Waals surface area (Å²) in [5.41, 5.74) is 3.10. The Kier molecular flexibility index (Phi) is 3.77. The molecule has 0 aromatic heterocycles. The van der Waals surface area contributed by atoms with Crippen LogP contribution in [0.25, 0.3) is 0 Å². The van der Waals surface area contributed by atoms with E-state index in [-0.39, 0.29) is 5.41 Å². The molecule has 0 radical (unpaired) electrons. The third-order valence-corrected chi connectivity index (χ3v) is 3.52. The van der Waals surface area contributed by atoms with E-state index in [1.807, 2.05) is 0 Å². The van der Waals surface area contributed by atoms with E-state index in [1.54, 1.807) is 0 Å². The van der Waals surface area contributed by atoms with Crippen LogP contribution in [-0.2, 0) is 5.41 Å². The summed E-state index contributed by atoms with van der Waals surface area (Å²) in [4.78, 5) is 0. The Morgan fingerprint density at radius 3 is 2.43 bits per heavy atom. The Morgan fingerprint density at radius 2 is 1.93 bits per heavy atom. The fourth-order valence-electron chi connectivity index (χ4n) is 1.40. The topological polar surface area (TPSA) is 0 Å². The van der Waals surface area contributed by atoms with Gasteiger partial charge in [-0.3, -0.25) is 0 Å². The van der Waals surface area contributed by atoms with Crippen LogP contribution >= 0.6 is 15.9 Å². The van der Waals surface area contributed by atoms with Gasteiger partial charge >= 0.3 is 0 Å². The fourth-order valence-corrected chi connectivity index (χ4v) is 1.77. The molecule has 0 aliphatic carbocycles. The zero-order chi connectivity index (χ0) is 10.8. The van der Waals surface area contributed by atoms with E-state index in [1.165, 1.54) is 11.1 Å². The fraction of sp³-hybridized carbons (Fsp3) is 0.538. The molecule has 14 heavy (non-hydrogen) atoms. The standard InChI is InChI=1S/C13H19Br/c1-10(9-14)11-6-5-7-12(8-11)13(2,3)4/h5-8,10H,9H2,1-4H3. The number of hydrogen-bond donors (Lipinski definition) is 0. The third kappa shape index (κ3) is 2.84. The molecule has 0 spiro atoms. The molecule has 0 N–H and O–H groups in total. The van der Waals surface area contributed by atoms with E-state index >= 15 is 0 Å². The van der Waals surface area contributed by atoms with E-state index < -0.39 is 0 Å². The van der Waals surface area contributed by atoms with Gasteiger partial charge in [-0.2, -0.15) is 0 Å². The largest absolute Gasteiger partial charge is 0.0922 e. The highest BCUT2D eigenvalue weighted by Crippen LogP contribution is 2.26. The molecule has 0 fully saturated rings. The molecule has 0 heterocycles. The minimum atomic E-state index is 0.252. The van der Waals surface area contributed by atoms with Crippen LogP contribution in [0.15, 0.2) is 24.3 Å². The van der Waals surface area contributed by atoms with Gasteiger partial charge in [0, 0.05) is 5.33 Å². The van der Waals surface area contributed by atoms with Gasteiger partial charge in [-0.15, -0.1) is 0 Å². The molecule has 1 aromatic rings. The second-order valence-electron chi connectivity index (χ2n) is 4.93. The highest BCUT2D eigenvalue weighted by atomic mass is 79.9. The molecule has 0 nitrogen and oxygen atoms in total. The van der Waals surface area contributed by atoms with Gasteiger partial charge in [-0.25, -0.2) is 0 Å². The molecule has 1 aromatic carbocycles. The lowest BCUT2D eigenvalue weighted by Gasteiger charge is -2.20. The summed E-state index contributed by atoms with van der Waals surface area (Å²) in [7, 11) is 0. The van der Waals surface area contributed by atoms with E-state index in [0.29, 0.717) is 5.92 Å². The second-order valence-corrected chi connectivity index (χ2v) is 5.58. The summed E-state index contributed by atoms with van der Waals surface area (Å²) in [5.74, 6) is 0.595. The van der Waals surface area contributed by atoms with Gasteiger partial charge < -0.3 is 0 Å². The highest BCUT2D eigenvalue weighted by molar-refractivity contribution is 9.09. The maximum atomic E-state index is 3.53. The van der Waals surface area contributed by atoms with Crippen molar-refractivity contribution in [1.82, 2.24) is 0 Å². The minimum absolute atomic E-state index is 0.252. The lowest BCUT2D eigenvalue weighted by Crippen LogP contribution is -2.11. The Labute approximate surface area is 95.9 Å². The molecule has 0 bridgehead atoms. The van der Waals surface area contributed by atoms with E-state index in [2.05, 4.69) is 67.9 Å². The average Bonchev–Trinajstić information content (AvgIpc) is 2.15. The van der Waals surface area contributed by atoms with E-state index in [0.717, 1.165) is 5.33 Å². The maximum Gasteiger partial charge on any atom is 0.00975 e. The molecule has 0 saturated carbocycles. The molecule has 1 atom stereocenters. The van der Waals surface area contributed by atoms with Crippen molar-refractivity contribution in [3.63, 3.8) is 0 Å². The minimum Gasteiger partial charge on any atom is -0.0922 e. The van der Waals surface area contributed by atoms with Crippen LogP contribution in [0.5, 0.6) is 0 Å². The first-order valence-electron chi connectivity index (χ1n) is 5.11. The number of hydrogen-bond acceptors (Lipinski definition) is 0. The summed E-state index contributed by atoms with van der Waals surface area (Å²) in [6.07, 6.45) is 0. The second kappa shape index (κ2) is 4.48. The average molecular weight is 255 g/mol. The molecule has 78 valence electrons. The monoisotopic (exact) mass is 254 g/mol. The smallest absolute Gasteiger partial charge is 0.00975 e. The molecule has 0 aliphatic rings. The highest BCUT2D eigenvalue weighted by Gasteiger charge is 2.14. The summed E-state index contributed by atoms with van der Waals surface area (Å²) in [5, 5.41) is 1.03. The van der Waals surface area contributed by atoms with Crippen LogP contribution in [-0.4, -0.2) is 5.33 Å². The molecule has 0 saturated heterocycles. The summed E-state index contributed by atoms with van der Waals surface area (Å²) in [6, 6.07) is 8.91. The molecule has 0 aliphatic heterocycles. The lowest BCUT2D eigenvalue weighted by atomic mass is 9.85. The molecule has 1 rings (SSSR count). The summed E-state index contributed by atoms with van der Waals surface area (Å²) < 4.78 is 0. The zero-order valence-electron chi connectivity index (χ0n) is 9.47. The first-order valence-corrected chi connectivity index (χ1v) is 6.23. The van der Waals surface area contributed by atoms with Crippen LogP contribution in [0.3, 0.4) is 0 Å². The van der Waals surface area contributed by atoms with Crippen molar-refractivity contribution in [2.24, 2.45) is 0 Å². The van der Waals surface area contributed by atoms with Crippen LogP contribution in [0, 0.1) is 0 Å². The number of alkyl halides is 1.